The zero-order valence-electron chi connectivity index (χ0n) is 25.6. The Bertz CT molecular complexity index is 1620. The first kappa shape index (κ1) is 33.9. The van der Waals surface area contributed by atoms with E-state index in [0.717, 1.165) is 30.0 Å². The Balaban J connectivity index is 1.77. The molecule has 3 aromatic carbocycles. The lowest BCUT2D eigenvalue weighted by Crippen LogP contribution is -2.52. The number of rotatable bonds is 13. The third-order valence-corrected chi connectivity index (χ3v) is 9.76. The highest BCUT2D eigenvalue weighted by Gasteiger charge is 2.35. The van der Waals surface area contributed by atoms with Crippen molar-refractivity contribution < 1.29 is 36.6 Å². The number of carbonyl (C=O) groups excluding carboxylic acids is 2. The molecule has 10 nitrogen and oxygen atoms in total. The van der Waals surface area contributed by atoms with E-state index in [2.05, 4.69) is 5.32 Å². The van der Waals surface area contributed by atoms with E-state index in [4.69, 9.17) is 25.8 Å². The van der Waals surface area contributed by atoms with Crippen molar-refractivity contribution in [2.45, 2.75) is 56.1 Å². The van der Waals surface area contributed by atoms with Crippen LogP contribution in [-0.4, -0.2) is 65.1 Å². The number of benzene rings is 3. The number of nitrogens with one attached hydrogen (secondary N) is 1. The summed E-state index contributed by atoms with van der Waals surface area (Å²) in [5.74, 6) is -0.881. The number of hydrogen-bond donors (Lipinski definition) is 1. The summed E-state index contributed by atoms with van der Waals surface area (Å²) in [6, 6.07) is 13.0. The van der Waals surface area contributed by atoms with Crippen LogP contribution in [0, 0.1) is 5.82 Å². The molecule has 1 aliphatic rings. The summed E-state index contributed by atoms with van der Waals surface area (Å²) < 4.78 is 59.3. The van der Waals surface area contributed by atoms with Crippen molar-refractivity contribution in [3.63, 3.8) is 0 Å². The van der Waals surface area contributed by atoms with E-state index in [1.807, 2.05) is 0 Å². The van der Waals surface area contributed by atoms with E-state index < -0.39 is 34.3 Å². The van der Waals surface area contributed by atoms with Gasteiger partial charge in [0.25, 0.3) is 10.0 Å². The van der Waals surface area contributed by atoms with E-state index in [1.165, 1.54) is 86.9 Å². The third kappa shape index (κ3) is 7.98. The first-order valence-corrected chi connectivity index (χ1v) is 16.2. The fourth-order valence-electron chi connectivity index (χ4n) is 5.24. The number of hydrogen-bond acceptors (Lipinski definition) is 7. The van der Waals surface area contributed by atoms with Gasteiger partial charge in [0.05, 0.1) is 31.9 Å². The minimum absolute atomic E-state index is 0.000346. The molecule has 0 unspecified atom stereocenters. The maximum absolute atomic E-state index is 14.3. The SMILES string of the molecule is COc1ccc(S(=O)(=O)N(CC(=O)N(Cc2ccc(F)cc2)[C@H](C)C(=O)NC2CCCC2)c2cc(Cl)ccc2OC)cc1OC. The standard InChI is InChI=1S/C32H37ClFN3O7S/c1-21(32(39)35-25-7-5-6-8-25)36(19-22-9-12-24(34)13-10-22)31(38)20-37(27-17-23(33)11-15-28(27)42-2)45(40,41)26-14-16-29(43-3)30(18-26)44-4/h9-18,21,25H,5-8,19-20H2,1-4H3,(H,35,39)/t21-/m1/s1. The van der Waals surface area contributed by atoms with Crippen molar-refractivity contribution in [2.75, 3.05) is 32.2 Å². The van der Waals surface area contributed by atoms with Crippen molar-refractivity contribution in [2.24, 2.45) is 0 Å². The summed E-state index contributed by atoms with van der Waals surface area (Å²) in [6.45, 7) is 0.795. The molecule has 1 fully saturated rings. The highest BCUT2D eigenvalue weighted by Crippen LogP contribution is 2.37. The van der Waals surface area contributed by atoms with Gasteiger partial charge in [0.1, 0.15) is 24.2 Å². The van der Waals surface area contributed by atoms with Crippen LogP contribution in [-0.2, 0) is 26.2 Å². The van der Waals surface area contributed by atoms with Crippen LogP contribution < -0.4 is 23.8 Å². The molecule has 3 aromatic rings. The predicted octanol–water partition coefficient (Wildman–Crippen LogP) is 5.18. The molecule has 1 atom stereocenters. The average molecular weight is 662 g/mol. The van der Waals surface area contributed by atoms with Crippen molar-refractivity contribution in [3.05, 3.63) is 77.1 Å². The summed E-state index contributed by atoms with van der Waals surface area (Å²) in [5, 5.41) is 3.22. The van der Waals surface area contributed by atoms with Gasteiger partial charge >= 0.3 is 0 Å². The fourth-order valence-corrected chi connectivity index (χ4v) is 6.84. The molecule has 0 aromatic heterocycles. The Hall–Kier alpha value is -4.03. The molecule has 4 rings (SSSR count). The number of carbonyl (C=O) groups is 2. The molecular formula is C32H37ClFN3O7S. The van der Waals surface area contributed by atoms with Gasteiger partial charge in [-0.1, -0.05) is 36.6 Å². The van der Waals surface area contributed by atoms with Gasteiger partial charge in [-0.3, -0.25) is 13.9 Å². The van der Waals surface area contributed by atoms with E-state index in [1.54, 1.807) is 6.92 Å². The van der Waals surface area contributed by atoms with E-state index >= 15 is 0 Å². The highest BCUT2D eigenvalue weighted by atomic mass is 35.5. The van der Waals surface area contributed by atoms with Crippen molar-refractivity contribution in [3.8, 4) is 17.2 Å². The summed E-state index contributed by atoms with van der Waals surface area (Å²) in [4.78, 5) is 28.7. The quantitative estimate of drug-likeness (QED) is 0.269. The second-order valence-electron chi connectivity index (χ2n) is 10.7. The normalized spacial score (nSPS) is 14.0. The van der Waals surface area contributed by atoms with Gasteiger partial charge in [-0.05, 0) is 67.8 Å². The van der Waals surface area contributed by atoms with Crippen LogP contribution in [0.25, 0.3) is 0 Å². The van der Waals surface area contributed by atoms with Gasteiger partial charge in [-0.15, -0.1) is 0 Å². The monoisotopic (exact) mass is 661 g/mol. The molecule has 1 aliphatic carbocycles. The summed E-state index contributed by atoms with van der Waals surface area (Å²) in [6.07, 6.45) is 3.69. The van der Waals surface area contributed by atoms with E-state index in [-0.39, 0.29) is 45.6 Å². The number of amides is 2. The maximum Gasteiger partial charge on any atom is 0.265 e. The first-order chi connectivity index (χ1) is 21.5. The molecule has 0 saturated heterocycles. The van der Waals surface area contributed by atoms with Crippen LogP contribution in [0.1, 0.15) is 38.2 Å². The Morgan fingerprint density at radius 2 is 1.56 bits per heavy atom. The fraction of sp³-hybridized carbons (Fsp3) is 0.375. The average Bonchev–Trinajstić information content (AvgIpc) is 3.55. The Kier molecular flexibility index (Phi) is 11.2. The molecule has 0 radical (unpaired) electrons. The van der Waals surface area contributed by atoms with Gasteiger partial charge in [-0.2, -0.15) is 0 Å². The number of nitrogens with zero attached hydrogens (tertiary/aromatic N) is 2. The minimum Gasteiger partial charge on any atom is -0.495 e. The summed E-state index contributed by atoms with van der Waals surface area (Å²) >= 11 is 6.30. The van der Waals surface area contributed by atoms with Crippen molar-refractivity contribution in [1.29, 1.82) is 0 Å². The summed E-state index contributed by atoms with van der Waals surface area (Å²) in [5.41, 5.74) is 0.567. The number of methoxy groups -OCH3 is 3. The second kappa shape index (κ2) is 14.8. The lowest BCUT2D eigenvalue weighted by Gasteiger charge is -2.33. The molecule has 0 spiro atoms. The smallest absolute Gasteiger partial charge is 0.265 e. The van der Waals surface area contributed by atoms with Crippen LogP contribution in [0.3, 0.4) is 0 Å². The lowest BCUT2D eigenvalue weighted by atomic mass is 10.1. The number of anilines is 1. The molecule has 1 saturated carbocycles. The van der Waals surface area contributed by atoms with Gasteiger partial charge < -0.3 is 24.4 Å². The van der Waals surface area contributed by atoms with Crippen LogP contribution in [0.4, 0.5) is 10.1 Å². The van der Waals surface area contributed by atoms with Crippen LogP contribution in [0.15, 0.2) is 65.6 Å². The molecule has 2 amide bonds. The van der Waals surface area contributed by atoms with Gasteiger partial charge in [0.15, 0.2) is 11.5 Å². The molecule has 45 heavy (non-hydrogen) atoms. The molecule has 13 heteroatoms. The van der Waals surface area contributed by atoms with Crippen molar-refractivity contribution in [1.82, 2.24) is 10.2 Å². The number of halogens is 2. The first-order valence-electron chi connectivity index (χ1n) is 14.4. The molecule has 242 valence electrons. The predicted molar refractivity (Wildman–Crippen MR) is 169 cm³/mol. The third-order valence-electron chi connectivity index (χ3n) is 7.77. The second-order valence-corrected chi connectivity index (χ2v) is 13.0. The molecule has 0 bridgehead atoms. The van der Waals surface area contributed by atoms with E-state index in [0.29, 0.717) is 11.3 Å². The van der Waals surface area contributed by atoms with Gasteiger partial charge in [0, 0.05) is 23.7 Å². The zero-order chi connectivity index (χ0) is 32.7. The molecular weight excluding hydrogens is 625 g/mol. The highest BCUT2D eigenvalue weighted by molar-refractivity contribution is 7.92. The minimum atomic E-state index is -4.47. The molecule has 1 N–H and O–H groups in total. The van der Waals surface area contributed by atoms with Crippen molar-refractivity contribution >= 4 is 39.1 Å². The Labute approximate surface area is 268 Å². The zero-order valence-corrected chi connectivity index (χ0v) is 27.2. The van der Waals surface area contributed by atoms with E-state index in [9.17, 15) is 22.4 Å². The lowest BCUT2D eigenvalue weighted by molar-refractivity contribution is -0.139. The molecule has 0 heterocycles. The van der Waals surface area contributed by atoms with Crippen LogP contribution in [0.5, 0.6) is 17.2 Å². The summed E-state index contributed by atoms with van der Waals surface area (Å²) in [7, 11) is -0.304. The largest absolute Gasteiger partial charge is 0.495 e. The number of sulfonamides is 1. The Morgan fingerprint density at radius 1 is 0.933 bits per heavy atom. The van der Waals surface area contributed by atoms with Gasteiger partial charge in [-0.25, -0.2) is 12.8 Å². The molecule has 0 aliphatic heterocycles. The van der Waals surface area contributed by atoms with Gasteiger partial charge in [0.2, 0.25) is 11.8 Å². The van der Waals surface area contributed by atoms with Crippen LogP contribution >= 0.6 is 11.6 Å². The maximum atomic E-state index is 14.3. The topological polar surface area (TPSA) is 114 Å². The Morgan fingerprint density at radius 3 is 2.18 bits per heavy atom. The number of ether oxygens (including phenoxy) is 3. The van der Waals surface area contributed by atoms with Crippen LogP contribution in [0.2, 0.25) is 5.02 Å².